The zero-order chi connectivity index (χ0) is 20.9. The normalized spacial score (nSPS) is 17.1. The predicted molar refractivity (Wildman–Crippen MR) is 126 cm³/mol. The monoisotopic (exact) mass is 424 g/mol. The smallest absolute Gasteiger partial charge is 0.376 e. The van der Waals surface area contributed by atoms with Gasteiger partial charge in [0.15, 0.2) is 0 Å². The van der Waals surface area contributed by atoms with Crippen LogP contribution in [-0.4, -0.2) is 46.3 Å². The minimum Gasteiger partial charge on any atom is -0.376 e. The molecule has 0 N–H and O–H groups in total. The molecule has 0 aromatic rings. The molecule has 27 heavy (non-hydrogen) atoms. The van der Waals surface area contributed by atoms with E-state index in [1.54, 1.807) is 31.7 Å². The number of rotatable bonds is 12. The molecule has 0 fully saturated rings. The van der Waals surface area contributed by atoms with Crippen LogP contribution in [0.4, 0.5) is 0 Å². The molecule has 0 aliphatic heterocycles. The van der Waals surface area contributed by atoms with Gasteiger partial charge in [-0.1, -0.05) is 67.3 Å². The Morgan fingerprint density at radius 1 is 0.963 bits per heavy atom. The Balaban J connectivity index is 3.67. The van der Waals surface area contributed by atoms with Gasteiger partial charge in [-0.25, -0.2) is 0 Å². The molecule has 0 saturated carbocycles. The second kappa shape index (κ2) is 9.80. The van der Waals surface area contributed by atoms with E-state index in [2.05, 4.69) is 64.5 Å². The highest BCUT2D eigenvalue weighted by atomic mass is 28.4. The van der Waals surface area contributed by atoms with Crippen molar-refractivity contribution in [3.05, 3.63) is 47.4 Å². The second-order valence-electron chi connectivity index (χ2n) is 8.65. The van der Waals surface area contributed by atoms with Crippen LogP contribution in [0, 0.1) is 0 Å². The van der Waals surface area contributed by atoms with Crippen LogP contribution in [0.3, 0.4) is 0 Å². The van der Waals surface area contributed by atoms with E-state index in [9.17, 15) is 0 Å². The van der Waals surface area contributed by atoms with Crippen LogP contribution in [0.25, 0.3) is 0 Å². The molecule has 0 aromatic carbocycles. The van der Waals surface area contributed by atoms with Gasteiger partial charge in [-0.05, 0) is 24.9 Å². The molecule has 0 aromatic heterocycles. The van der Waals surface area contributed by atoms with Crippen molar-refractivity contribution in [3.8, 4) is 0 Å². The van der Waals surface area contributed by atoms with Crippen molar-refractivity contribution < 1.29 is 13.3 Å². The lowest BCUT2D eigenvalue weighted by atomic mass is 10.1. The average Bonchev–Trinajstić information content (AvgIpc) is 3.06. The van der Waals surface area contributed by atoms with Crippen molar-refractivity contribution in [2.24, 2.45) is 0 Å². The van der Waals surface area contributed by atoms with Crippen molar-refractivity contribution in [3.63, 3.8) is 0 Å². The van der Waals surface area contributed by atoms with Gasteiger partial charge >= 0.3 is 8.80 Å². The van der Waals surface area contributed by atoms with Gasteiger partial charge in [-0.15, -0.1) is 13.2 Å². The summed E-state index contributed by atoms with van der Waals surface area (Å²) in [6.07, 6.45) is 8.66. The fraction of sp³-hybridized carbons (Fsp3) is 0.619. The summed E-state index contributed by atoms with van der Waals surface area (Å²) in [6, 6.07) is 2.19. The van der Waals surface area contributed by atoms with Crippen molar-refractivity contribution in [1.29, 1.82) is 0 Å². The summed E-state index contributed by atoms with van der Waals surface area (Å²) in [6.45, 7) is 20.2. The Bertz CT molecular complexity index is 594. The maximum Gasteiger partial charge on any atom is 0.507 e. The van der Waals surface area contributed by atoms with E-state index in [-0.39, 0.29) is 5.54 Å². The van der Waals surface area contributed by atoms with E-state index in [1.807, 2.05) is 0 Å². The molecule has 1 aliphatic rings. The molecular weight excluding hydrogens is 384 g/mol. The molecule has 0 spiro atoms. The maximum atomic E-state index is 5.92. The highest BCUT2D eigenvalue weighted by molar-refractivity contribution is 6.93. The summed E-state index contributed by atoms with van der Waals surface area (Å²) in [4.78, 5) is 0. The topological polar surface area (TPSA) is 27.7 Å². The van der Waals surface area contributed by atoms with Crippen molar-refractivity contribution in [2.75, 3.05) is 21.3 Å². The lowest BCUT2D eigenvalue weighted by Crippen LogP contribution is -2.49. The Hall–Kier alpha value is -0.509. The lowest BCUT2D eigenvalue weighted by Gasteiger charge is -2.38. The van der Waals surface area contributed by atoms with Crippen molar-refractivity contribution >= 4 is 25.0 Å². The summed E-state index contributed by atoms with van der Waals surface area (Å²) in [7, 11) is -0.837. The summed E-state index contributed by atoms with van der Waals surface area (Å²) in [5, 5.41) is 3.26. The van der Waals surface area contributed by atoms with Crippen molar-refractivity contribution in [2.45, 2.75) is 63.6 Å². The van der Waals surface area contributed by atoms with Gasteiger partial charge in [-0.3, -0.25) is 0 Å². The molecule has 0 heterocycles. The van der Waals surface area contributed by atoms with E-state index >= 15 is 0 Å². The zero-order valence-electron chi connectivity index (χ0n) is 18.8. The van der Waals surface area contributed by atoms with Crippen LogP contribution in [0.1, 0.15) is 19.8 Å². The molecule has 3 nitrogen and oxygen atoms in total. The van der Waals surface area contributed by atoms with Gasteiger partial charge < -0.3 is 13.3 Å². The molecule has 0 radical (unpaired) electrons. The van der Waals surface area contributed by atoms with Gasteiger partial charge in [-0.2, -0.15) is 0 Å². The summed E-state index contributed by atoms with van der Waals surface area (Å²) < 4.78 is 17.8. The lowest BCUT2D eigenvalue weighted by molar-refractivity contribution is 0.114. The van der Waals surface area contributed by atoms with E-state index in [0.29, 0.717) is 0 Å². The quantitative estimate of drug-likeness (QED) is 0.278. The molecule has 1 rings (SSSR count). The molecule has 1 aliphatic carbocycles. The minimum absolute atomic E-state index is 0.200. The summed E-state index contributed by atoms with van der Waals surface area (Å²) in [5.41, 5.74) is 1.71. The first-order valence-electron chi connectivity index (χ1n) is 9.92. The largest absolute Gasteiger partial charge is 0.507 e. The first-order valence-corrected chi connectivity index (χ1v) is 18.1. The SMILES string of the molecule is C=CC[Si](C)(C)C1=CCC(C(CC)[Si](OC)(OC)OC)=C1[Si](C)(C)CC=C. The highest BCUT2D eigenvalue weighted by Gasteiger charge is 2.51. The molecule has 1 unspecified atom stereocenters. The summed E-state index contributed by atoms with van der Waals surface area (Å²) >= 11 is 0. The first-order chi connectivity index (χ1) is 12.6. The Labute approximate surface area is 170 Å². The average molecular weight is 425 g/mol. The van der Waals surface area contributed by atoms with Crippen LogP contribution in [0.2, 0.25) is 43.8 Å². The van der Waals surface area contributed by atoms with E-state index in [1.165, 1.54) is 5.57 Å². The summed E-state index contributed by atoms with van der Waals surface area (Å²) in [5.74, 6) is 0. The van der Waals surface area contributed by atoms with E-state index < -0.39 is 25.0 Å². The molecular formula is C21H40O3Si3. The van der Waals surface area contributed by atoms with Gasteiger partial charge in [0.1, 0.15) is 0 Å². The second-order valence-corrected chi connectivity index (χ2v) is 21.2. The third-order valence-corrected chi connectivity index (χ3v) is 16.0. The van der Waals surface area contributed by atoms with Crippen LogP contribution >= 0.6 is 0 Å². The number of allylic oxidation sites excluding steroid dienone is 6. The van der Waals surface area contributed by atoms with Crippen LogP contribution in [0.15, 0.2) is 47.4 Å². The zero-order valence-corrected chi connectivity index (χ0v) is 21.8. The van der Waals surface area contributed by atoms with Gasteiger partial charge in [0.05, 0.1) is 21.7 Å². The van der Waals surface area contributed by atoms with Gasteiger partial charge in [0.25, 0.3) is 0 Å². The third kappa shape index (κ3) is 4.92. The van der Waals surface area contributed by atoms with Crippen LogP contribution in [-0.2, 0) is 13.3 Å². The molecule has 0 saturated heterocycles. The fourth-order valence-corrected chi connectivity index (χ4v) is 14.7. The molecule has 1 atom stereocenters. The Morgan fingerprint density at radius 2 is 1.44 bits per heavy atom. The predicted octanol–water partition coefficient (Wildman–Crippen LogP) is 6.14. The fourth-order valence-electron chi connectivity index (χ4n) is 4.64. The van der Waals surface area contributed by atoms with Crippen molar-refractivity contribution in [1.82, 2.24) is 0 Å². The number of hydrogen-bond donors (Lipinski definition) is 0. The molecule has 0 amide bonds. The molecule has 0 bridgehead atoms. The maximum absolute atomic E-state index is 5.92. The standard InChI is InChI=1S/C21H40O3Si3/c1-11-16-25(7,8)20-15-14-18(21(20)26(9,10)17-12-2)19(13-3)27(22-4,23-5)24-6/h11-12,15,19H,1-2,13-14,16-17H2,3-10H3. The molecule has 154 valence electrons. The first kappa shape index (κ1) is 24.5. The van der Waals surface area contributed by atoms with Gasteiger partial charge in [0.2, 0.25) is 0 Å². The number of hydrogen-bond acceptors (Lipinski definition) is 3. The van der Waals surface area contributed by atoms with Gasteiger partial charge in [0, 0.05) is 21.3 Å². The van der Waals surface area contributed by atoms with E-state index in [4.69, 9.17) is 13.3 Å². The molecule has 6 heteroatoms. The highest BCUT2D eigenvalue weighted by Crippen LogP contribution is 2.48. The minimum atomic E-state index is -2.76. The van der Waals surface area contributed by atoms with Crippen LogP contribution < -0.4 is 0 Å². The Morgan fingerprint density at radius 3 is 1.85 bits per heavy atom. The van der Waals surface area contributed by atoms with E-state index in [0.717, 1.165) is 24.9 Å². The van der Waals surface area contributed by atoms with Crippen LogP contribution in [0.5, 0.6) is 0 Å². The third-order valence-electron chi connectivity index (χ3n) is 5.94. The Kier molecular flexibility index (Phi) is 8.91.